The molecule has 82 valence electrons. The van der Waals surface area contributed by atoms with E-state index in [1.54, 1.807) is 0 Å². The van der Waals surface area contributed by atoms with Gasteiger partial charge < -0.3 is 10.1 Å². The summed E-state index contributed by atoms with van der Waals surface area (Å²) in [6, 6.07) is 0.987. The predicted molar refractivity (Wildman–Crippen MR) is 55.0 cm³/mol. The molecule has 0 atom stereocenters. The Hall–Kier alpha value is -1.65. The van der Waals surface area contributed by atoms with Crippen LogP contribution in [0.15, 0.2) is 10.9 Å². The van der Waals surface area contributed by atoms with Crippen LogP contribution in [0.4, 0.5) is 0 Å². The fourth-order valence-corrected chi connectivity index (χ4v) is 1.16. The summed E-state index contributed by atoms with van der Waals surface area (Å²) in [5.41, 5.74) is -0.612. The van der Waals surface area contributed by atoms with Crippen molar-refractivity contribution >= 4 is 5.97 Å². The van der Waals surface area contributed by atoms with Gasteiger partial charge in [-0.2, -0.15) is 0 Å². The Morgan fingerprint density at radius 2 is 2.27 bits per heavy atom. The summed E-state index contributed by atoms with van der Waals surface area (Å²) in [6.07, 6.45) is 1.46. The molecule has 2 N–H and O–H groups in total. The normalized spacial score (nSPS) is 10.6. The standard InChI is InChI=1S/C10H14N2O3/c1-6(2)3-4-8-11-7(10(14)15)5-9(13)12-8/h5-6H,3-4H2,1-2H3,(H,14,15)(H,11,12,13). The number of hydrogen-bond donors (Lipinski definition) is 2. The van der Waals surface area contributed by atoms with Gasteiger partial charge in [0.1, 0.15) is 5.82 Å². The Balaban J connectivity index is 2.89. The van der Waals surface area contributed by atoms with Gasteiger partial charge in [-0.25, -0.2) is 9.78 Å². The van der Waals surface area contributed by atoms with Crippen LogP contribution in [-0.4, -0.2) is 21.0 Å². The lowest BCUT2D eigenvalue weighted by Crippen LogP contribution is -2.16. The fourth-order valence-electron chi connectivity index (χ4n) is 1.16. The third-order valence-electron chi connectivity index (χ3n) is 1.97. The molecule has 0 aliphatic rings. The van der Waals surface area contributed by atoms with E-state index in [0.29, 0.717) is 18.2 Å². The minimum absolute atomic E-state index is 0.197. The average molecular weight is 210 g/mol. The van der Waals surface area contributed by atoms with Gasteiger partial charge in [-0.3, -0.25) is 4.79 Å². The van der Waals surface area contributed by atoms with Crippen LogP contribution in [0.3, 0.4) is 0 Å². The number of aromatic nitrogens is 2. The van der Waals surface area contributed by atoms with E-state index in [4.69, 9.17) is 5.11 Å². The molecule has 15 heavy (non-hydrogen) atoms. The van der Waals surface area contributed by atoms with Gasteiger partial charge in [0.25, 0.3) is 5.56 Å². The van der Waals surface area contributed by atoms with Crippen molar-refractivity contribution in [3.8, 4) is 0 Å². The molecule has 1 rings (SSSR count). The van der Waals surface area contributed by atoms with Crippen molar-refractivity contribution in [3.05, 3.63) is 27.9 Å². The van der Waals surface area contributed by atoms with Crippen LogP contribution < -0.4 is 5.56 Å². The van der Waals surface area contributed by atoms with Gasteiger partial charge in [-0.05, 0) is 12.3 Å². The highest BCUT2D eigenvalue weighted by Crippen LogP contribution is 2.04. The minimum Gasteiger partial charge on any atom is -0.477 e. The van der Waals surface area contributed by atoms with Gasteiger partial charge in [-0.1, -0.05) is 13.8 Å². The average Bonchev–Trinajstić information content (AvgIpc) is 2.13. The van der Waals surface area contributed by atoms with Crippen LogP contribution in [0.25, 0.3) is 0 Å². The molecule has 0 unspecified atom stereocenters. The quantitative estimate of drug-likeness (QED) is 0.778. The zero-order valence-corrected chi connectivity index (χ0v) is 8.78. The number of carboxylic acids is 1. The molecule has 0 saturated carbocycles. The van der Waals surface area contributed by atoms with Crippen LogP contribution in [0.2, 0.25) is 0 Å². The molecule has 5 heteroatoms. The van der Waals surface area contributed by atoms with Crippen LogP contribution in [0.1, 0.15) is 36.6 Å². The molecule has 0 fully saturated rings. The highest BCUT2D eigenvalue weighted by Gasteiger charge is 2.08. The van der Waals surface area contributed by atoms with E-state index in [-0.39, 0.29) is 5.69 Å². The van der Waals surface area contributed by atoms with E-state index in [9.17, 15) is 9.59 Å². The third kappa shape index (κ3) is 3.53. The van der Waals surface area contributed by atoms with Crippen molar-refractivity contribution in [1.82, 2.24) is 9.97 Å². The van der Waals surface area contributed by atoms with E-state index in [0.717, 1.165) is 12.5 Å². The molecule has 0 bridgehead atoms. The van der Waals surface area contributed by atoms with E-state index in [1.807, 2.05) is 0 Å². The van der Waals surface area contributed by atoms with Crippen LogP contribution in [0.5, 0.6) is 0 Å². The lowest BCUT2D eigenvalue weighted by molar-refractivity contribution is 0.0689. The molecule has 0 aliphatic carbocycles. The topological polar surface area (TPSA) is 83.0 Å². The SMILES string of the molecule is CC(C)CCc1nc(C(=O)O)cc(=O)[nH]1. The van der Waals surface area contributed by atoms with Crippen molar-refractivity contribution in [3.63, 3.8) is 0 Å². The number of nitrogens with zero attached hydrogens (tertiary/aromatic N) is 1. The van der Waals surface area contributed by atoms with Crippen molar-refractivity contribution in [1.29, 1.82) is 0 Å². The maximum atomic E-state index is 11.1. The van der Waals surface area contributed by atoms with E-state index in [2.05, 4.69) is 23.8 Å². The van der Waals surface area contributed by atoms with E-state index >= 15 is 0 Å². The summed E-state index contributed by atoms with van der Waals surface area (Å²) in [4.78, 5) is 28.1. The van der Waals surface area contributed by atoms with Crippen LogP contribution in [0, 0.1) is 5.92 Å². The number of nitrogens with one attached hydrogen (secondary N) is 1. The second-order valence-corrected chi connectivity index (χ2v) is 3.82. The van der Waals surface area contributed by atoms with Gasteiger partial charge in [0.05, 0.1) is 0 Å². The molecule has 1 aromatic heterocycles. The Bertz CT molecular complexity index is 409. The number of aromatic carboxylic acids is 1. The second-order valence-electron chi connectivity index (χ2n) is 3.82. The van der Waals surface area contributed by atoms with Crippen molar-refractivity contribution < 1.29 is 9.90 Å². The van der Waals surface area contributed by atoms with Gasteiger partial charge in [-0.15, -0.1) is 0 Å². The summed E-state index contributed by atoms with van der Waals surface area (Å²) in [6.45, 7) is 4.11. The molecule has 1 heterocycles. The number of hydrogen-bond acceptors (Lipinski definition) is 3. The maximum Gasteiger partial charge on any atom is 0.354 e. The minimum atomic E-state index is -1.17. The first-order valence-electron chi connectivity index (χ1n) is 4.82. The number of rotatable bonds is 4. The second kappa shape index (κ2) is 4.72. The first kappa shape index (κ1) is 11.4. The van der Waals surface area contributed by atoms with Crippen molar-refractivity contribution in [2.24, 2.45) is 5.92 Å². The smallest absolute Gasteiger partial charge is 0.354 e. The molecule has 0 aromatic carbocycles. The summed E-state index contributed by atoms with van der Waals surface area (Å²) in [7, 11) is 0. The van der Waals surface area contributed by atoms with Gasteiger partial charge in [0.15, 0.2) is 5.69 Å². The molecule has 0 saturated heterocycles. The first-order valence-corrected chi connectivity index (χ1v) is 4.82. The Labute approximate surface area is 87.2 Å². The Morgan fingerprint density at radius 1 is 1.60 bits per heavy atom. The number of carbonyl (C=O) groups is 1. The molecule has 0 radical (unpaired) electrons. The van der Waals surface area contributed by atoms with Gasteiger partial charge in [0, 0.05) is 12.5 Å². The molecule has 1 aromatic rings. The number of aromatic amines is 1. The third-order valence-corrected chi connectivity index (χ3v) is 1.97. The van der Waals surface area contributed by atoms with Crippen molar-refractivity contribution in [2.75, 3.05) is 0 Å². The molecular formula is C10H14N2O3. The zero-order chi connectivity index (χ0) is 11.4. The van der Waals surface area contributed by atoms with Crippen LogP contribution >= 0.6 is 0 Å². The Morgan fingerprint density at radius 3 is 2.80 bits per heavy atom. The largest absolute Gasteiger partial charge is 0.477 e. The summed E-state index contributed by atoms with van der Waals surface area (Å²) >= 11 is 0. The van der Waals surface area contributed by atoms with Gasteiger partial charge >= 0.3 is 5.97 Å². The highest BCUT2D eigenvalue weighted by molar-refractivity contribution is 5.85. The first-order chi connectivity index (χ1) is 6.99. The molecule has 0 aliphatic heterocycles. The fraction of sp³-hybridized carbons (Fsp3) is 0.500. The highest BCUT2D eigenvalue weighted by atomic mass is 16.4. The molecular weight excluding hydrogens is 196 g/mol. The molecule has 0 amide bonds. The Kier molecular flexibility index (Phi) is 3.60. The van der Waals surface area contributed by atoms with E-state index < -0.39 is 11.5 Å². The monoisotopic (exact) mass is 210 g/mol. The van der Waals surface area contributed by atoms with Crippen molar-refractivity contribution in [2.45, 2.75) is 26.7 Å². The number of H-pyrrole nitrogens is 1. The zero-order valence-electron chi connectivity index (χ0n) is 8.78. The predicted octanol–water partition coefficient (Wildman–Crippen LogP) is 1.06. The summed E-state index contributed by atoms with van der Waals surface area (Å²) in [5.74, 6) is -0.246. The lowest BCUT2D eigenvalue weighted by atomic mass is 10.1. The lowest BCUT2D eigenvalue weighted by Gasteiger charge is -2.04. The number of carboxylic acid groups (broad SMARTS) is 1. The molecule has 5 nitrogen and oxygen atoms in total. The summed E-state index contributed by atoms with van der Waals surface area (Å²) < 4.78 is 0. The maximum absolute atomic E-state index is 11.1. The number of aryl methyl sites for hydroxylation is 1. The summed E-state index contributed by atoms with van der Waals surface area (Å²) in [5, 5.41) is 8.70. The molecule has 0 spiro atoms. The van der Waals surface area contributed by atoms with Crippen LogP contribution in [-0.2, 0) is 6.42 Å². The van der Waals surface area contributed by atoms with E-state index in [1.165, 1.54) is 0 Å². The van der Waals surface area contributed by atoms with Gasteiger partial charge in [0.2, 0.25) is 0 Å².